The second-order valence-electron chi connectivity index (χ2n) is 6.59. The Kier molecular flexibility index (Phi) is 4.51. The van der Waals surface area contributed by atoms with Crippen molar-refractivity contribution in [3.63, 3.8) is 0 Å². The standard InChI is InChI=1S/C19H15N5O5/c25-17-15(13(9-20-17)10-4-2-1-3-5-10)18(26)23-22-16-12-8-11(24(28)29)6-7-14(12)21-19(16)27/h1-8,13,15,21,27H,9H2,(H,20,25). The molecule has 2 heterocycles. The van der Waals surface area contributed by atoms with Crippen LogP contribution in [0.4, 0.5) is 11.4 Å². The van der Waals surface area contributed by atoms with Crippen molar-refractivity contribution in [3.05, 3.63) is 64.2 Å². The summed E-state index contributed by atoms with van der Waals surface area (Å²) < 4.78 is 0. The van der Waals surface area contributed by atoms with E-state index >= 15 is 0 Å². The highest BCUT2D eigenvalue weighted by atomic mass is 16.6. The molecule has 1 fully saturated rings. The molecule has 1 aliphatic heterocycles. The Hall–Kier alpha value is -4.08. The second kappa shape index (κ2) is 7.15. The average molecular weight is 393 g/mol. The molecule has 2 unspecified atom stereocenters. The molecule has 2 atom stereocenters. The van der Waals surface area contributed by atoms with Gasteiger partial charge in [-0.25, -0.2) is 0 Å². The Labute approximate surface area is 163 Å². The molecule has 29 heavy (non-hydrogen) atoms. The van der Waals surface area contributed by atoms with Gasteiger partial charge in [-0.15, -0.1) is 10.2 Å². The molecule has 0 saturated carbocycles. The lowest BCUT2D eigenvalue weighted by atomic mass is 9.88. The number of amides is 2. The number of rotatable bonds is 4. The third-order valence-corrected chi connectivity index (χ3v) is 4.87. The van der Waals surface area contributed by atoms with Crippen LogP contribution in [0.25, 0.3) is 10.9 Å². The van der Waals surface area contributed by atoms with Gasteiger partial charge in [-0.3, -0.25) is 19.7 Å². The van der Waals surface area contributed by atoms with E-state index in [0.717, 1.165) is 5.56 Å². The largest absolute Gasteiger partial charge is 0.493 e. The number of nitro groups is 1. The quantitative estimate of drug-likeness (QED) is 0.269. The van der Waals surface area contributed by atoms with Crippen molar-refractivity contribution in [2.24, 2.45) is 16.1 Å². The lowest BCUT2D eigenvalue weighted by Gasteiger charge is -2.13. The number of benzene rings is 2. The fourth-order valence-electron chi connectivity index (χ4n) is 3.44. The minimum Gasteiger partial charge on any atom is -0.493 e. The smallest absolute Gasteiger partial charge is 0.277 e. The fourth-order valence-corrected chi connectivity index (χ4v) is 3.44. The summed E-state index contributed by atoms with van der Waals surface area (Å²) in [5.74, 6) is -3.00. The van der Waals surface area contributed by atoms with Crippen LogP contribution in [0.3, 0.4) is 0 Å². The molecule has 3 N–H and O–H groups in total. The van der Waals surface area contributed by atoms with E-state index in [1.165, 1.54) is 18.2 Å². The molecule has 0 bridgehead atoms. The van der Waals surface area contributed by atoms with Crippen molar-refractivity contribution in [2.45, 2.75) is 5.92 Å². The maximum atomic E-state index is 12.6. The Morgan fingerprint density at radius 3 is 2.69 bits per heavy atom. The van der Waals surface area contributed by atoms with Crippen LogP contribution >= 0.6 is 0 Å². The Balaban J connectivity index is 1.65. The van der Waals surface area contributed by atoms with Gasteiger partial charge < -0.3 is 15.4 Å². The number of carbonyl (C=O) groups excluding carboxylic acids is 2. The van der Waals surface area contributed by atoms with Crippen molar-refractivity contribution < 1.29 is 19.6 Å². The number of hydrogen-bond donors (Lipinski definition) is 3. The summed E-state index contributed by atoms with van der Waals surface area (Å²) in [5, 5.41) is 31.4. The molecule has 1 aromatic heterocycles. The normalized spacial score (nSPS) is 19.0. The van der Waals surface area contributed by atoms with Crippen molar-refractivity contribution in [1.29, 1.82) is 0 Å². The first-order valence-corrected chi connectivity index (χ1v) is 8.73. The van der Waals surface area contributed by atoms with Gasteiger partial charge in [-0.05, 0) is 11.6 Å². The van der Waals surface area contributed by atoms with Gasteiger partial charge in [-0.2, -0.15) is 0 Å². The van der Waals surface area contributed by atoms with Crippen molar-refractivity contribution in [2.75, 3.05) is 6.54 Å². The molecular formula is C19H15N5O5. The molecular weight excluding hydrogens is 378 g/mol. The van der Waals surface area contributed by atoms with Gasteiger partial charge in [0.15, 0.2) is 5.69 Å². The molecule has 10 heteroatoms. The highest BCUT2D eigenvalue weighted by Crippen LogP contribution is 2.38. The summed E-state index contributed by atoms with van der Waals surface area (Å²) >= 11 is 0. The first kappa shape index (κ1) is 18.3. The summed E-state index contributed by atoms with van der Waals surface area (Å²) in [4.78, 5) is 37.9. The van der Waals surface area contributed by atoms with Crippen molar-refractivity contribution >= 4 is 34.1 Å². The van der Waals surface area contributed by atoms with Crippen LogP contribution in [0.2, 0.25) is 0 Å². The van der Waals surface area contributed by atoms with E-state index in [9.17, 15) is 24.8 Å². The monoisotopic (exact) mass is 393 g/mol. The minimum atomic E-state index is -1.04. The van der Waals surface area contributed by atoms with Crippen LogP contribution in [0, 0.1) is 16.0 Å². The van der Waals surface area contributed by atoms with Crippen LogP contribution in [0.1, 0.15) is 11.5 Å². The predicted octanol–water partition coefficient (Wildman–Crippen LogP) is 2.92. The lowest BCUT2D eigenvalue weighted by molar-refractivity contribution is -0.384. The lowest BCUT2D eigenvalue weighted by Crippen LogP contribution is -2.25. The second-order valence-corrected chi connectivity index (χ2v) is 6.59. The van der Waals surface area contributed by atoms with Gasteiger partial charge in [0.1, 0.15) is 5.92 Å². The first-order chi connectivity index (χ1) is 14.0. The number of azo groups is 1. The maximum absolute atomic E-state index is 12.6. The number of non-ortho nitro benzene ring substituents is 1. The molecule has 2 amide bonds. The molecule has 2 aromatic carbocycles. The van der Waals surface area contributed by atoms with E-state index in [1.54, 1.807) is 0 Å². The average Bonchev–Trinajstić information content (AvgIpc) is 3.25. The summed E-state index contributed by atoms with van der Waals surface area (Å²) in [7, 11) is 0. The Morgan fingerprint density at radius 2 is 1.97 bits per heavy atom. The highest BCUT2D eigenvalue weighted by Gasteiger charge is 2.41. The maximum Gasteiger partial charge on any atom is 0.277 e. The van der Waals surface area contributed by atoms with Crippen LogP contribution in [0.5, 0.6) is 5.88 Å². The van der Waals surface area contributed by atoms with Crippen LogP contribution in [-0.2, 0) is 9.59 Å². The fraction of sp³-hybridized carbons (Fsp3) is 0.158. The van der Waals surface area contributed by atoms with Crippen LogP contribution in [0.15, 0.2) is 58.8 Å². The minimum absolute atomic E-state index is 0.105. The van der Waals surface area contributed by atoms with Crippen LogP contribution < -0.4 is 5.32 Å². The number of nitrogens with zero attached hydrogens (tertiary/aromatic N) is 3. The highest BCUT2D eigenvalue weighted by molar-refractivity contribution is 6.03. The Morgan fingerprint density at radius 1 is 1.21 bits per heavy atom. The van der Waals surface area contributed by atoms with E-state index in [2.05, 4.69) is 20.5 Å². The summed E-state index contributed by atoms with van der Waals surface area (Å²) in [6.07, 6.45) is 0. The van der Waals surface area contributed by atoms with E-state index in [1.807, 2.05) is 30.3 Å². The van der Waals surface area contributed by atoms with E-state index in [0.29, 0.717) is 12.1 Å². The SMILES string of the molecule is O=C(N=Nc1c(O)[nH]c2ccc([N+](=O)[O-])cc12)C1C(=O)NCC1c1ccccc1. The van der Waals surface area contributed by atoms with Crippen molar-refractivity contribution in [1.82, 2.24) is 10.3 Å². The number of aromatic nitrogens is 1. The number of nitro benzene ring substituents is 1. The molecule has 146 valence electrons. The van der Waals surface area contributed by atoms with Gasteiger partial charge >= 0.3 is 0 Å². The van der Waals surface area contributed by atoms with E-state index in [4.69, 9.17) is 0 Å². The molecule has 0 aliphatic carbocycles. The van der Waals surface area contributed by atoms with Gasteiger partial charge in [0.2, 0.25) is 11.8 Å². The molecule has 10 nitrogen and oxygen atoms in total. The number of H-pyrrole nitrogens is 1. The van der Waals surface area contributed by atoms with E-state index < -0.39 is 22.7 Å². The third-order valence-electron chi connectivity index (χ3n) is 4.87. The molecule has 0 radical (unpaired) electrons. The zero-order valence-electron chi connectivity index (χ0n) is 14.9. The number of aromatic amines is 1. The van der Waals surface area contributed by atoms with Gasteiger partial charge in [0.05, 0.1) is 10.4 Å². The van der Waals surface area contributed by atoms with Gasteiger partial charge in [0, 0.05) is 30.0 Å². The molecule has 4 rings (SSSR count). The zero-order chi connectivity index (χ0) is 20.5. The Bertz CT molecular complexity index is 1150. The number of nitrogens with one attached hydrogen (secondary N) is 2. The summed E-state index contributed by atoms with van der Waals surface area (Å²) in [6.45, 7) is 0.305. The molecule has 1 aliphatic rings. The van der Waals surface area contributed by atoms with Gasteiger partial charge in [0.25, 0.3) is 11.6 Å². The number of hydrogen-bond acceptors (Lipinski definition) is 6. The number of fused-ring (bicyclic) bond motifs is 1. The number of aromatic hydroxyl groups is 1. The predicted molar refractivity (Wildman–Crippen MR) is 102 cm³/mol. The molecule has 1 saturated heterocycles. The zero-order valence-corrected chi connectivity index (χ0v) is 14.9. The summed E-state index contributed by atoms with van der Waals surface area (Å²) in [6, 6.07) is 13.0. The number of carbonyl (C=O) groups is 2. The molecule has 3 aromatic rings. The van der Waals surface area contributed by atoms with Crippen molar-refractivity contribution in [3.8, 4) is 5.88 Å². The first-order valence-electron chi connectivity index (χ1n) is 8.73. The molecule has 0 spiro atoms. The van der Waals surface area contributed by atoms with Crippen LogP contribution in [-0.4, -0.2) is 33.4 Å². The summed E-state index contributed by atoms with van der Waals surface area (Å²) in [5.41, 5.74) is 0.922. The van der Waals surface area contributed by atoms with Gasteiger partial charge in [-0.1, -0.05) is 30.3 Å². The van der Waals surface area contributed by atoms with E-state index in [-0.39, 0.29) is 28.6 Å². The topological polar surface area (TPSA) is 150 Å². The third kappa shape index (κ3) is 3.31.